The summed E-state index contributed by atoms with van der Waals surface area (Å²) in [5, 5.41) is 8.00. The summed E-state index contributed by atoms with van der Waals surface area (Å²) in [6.07, 6.45) is 8.98. The van der Waals surface area contributed by atoms with Gasteiger partial charge in [-0.05, 0) is 56.6 Å². The van der Waals surface area contributed by atoms with Gasteiger partial charge in [-0.2, -0.15) is 11.8 Å². The second kappa shape index (κ2) is 8.91. The van der Waals surface area contributed by atoms with Gasteiger partial charge in [0.25, 0.3) is 0 Å². The van der Waals surface area contributed by atoms with Crippen LogP contribution in [0.5, 0.6) is 0 Å². The van der Waals surface area contributed by atoms with Gasteiger partial charge in [0, 0.05) is 43.7 Å². The predicted molar refractivity (Wildman–Crippen MR) is 105 cm³/mol. The summed E-state index contributed by atoms with van der Waals surface area (Å²) in [4.78, 5) is 0. The zero-order chi connectivity index (χ0) is 17.9. The minimum Gasteiger partial charge on any atom is -0.366 e. The summed E-state index contributed by atoms with van der Waals surface area (Å²) in [5.41, 5.74) is 0. The number of hydrogen-bond acceptors (Lipinski definition) is 6. The van der Waals surface area contributed by atoms with E-state index in [2.05, 4.69) is 22.4 Å². The van der Waals surface area contributed by atoms with Gasteiger partial charge in [-0.25, -0.2) is 8.42 Å². The van der Waals surface area contributed by atoms with Crippen LogP contribution in [0.25, 0.3) is 0 Å². The molecular formula is C18H34N2O3S2. The molecule has 3 rings (SSSR count). The average Bonchev–Trinajstić information content (AvgIpc) is 3.12. The number of piperidine rings is 1. The van der Waals surface area contributed by atoms with E-state index in [1.807, 2.05) is 0 Å². The predicted octanol–water partition coefficient (Wildman–Crippen LogP) is 2.03. The standard InChI is InChI=1S/C18H34N2O3S2/c1-23-18-17(13-5-7-16(8-6-13)25(2,21)22)10-14(11-20-18)19-12-15-4-3-9-24-15/h13-20H,3-12H2,1-2H3. The van der Waals surface area contributed by atoms with Crippen LogP contribution < -0.4 is 10.6 Å². The Balaban J connectivity index is 1.52. The van der Waals surface area contributed by atoms with Crippen molar-refractivity contribution in [3.05, 3.63) is 0 Å². The van der Waals surface area contributed by atoms with Crippen molar-refractivity contribution in [1.29, 1.82) is 0 Å². The van der Waals surface area contributed by atoms with Crippen LogP contribution in [0.1, 0.15) is 44.9 Å². The molecule has 0 amide bonds. The van der Waals surface area contributed by atoms with Gasteiger partial charge in [0.1, 0.15) is 16.1 Å². The van der Waals surface area contributed by atoms with E-state index in [9.17, 15) is 8.42 Å². The first kappa shape index (κ1) is 19.9. The second-order valence-electron chi connectivity index (χ2n) is 8.07. The molecule has 2 aliphatic heterocycles. The van der Waals surface area contributed by atoms with Crippen molar-refractivity contribution >= 4 is 21.6 Å². The lowest BCUT2D eigenvalue weighted by molar-refractivity contribution is -0.0319. The SMILES string of the molecule is COC1NCC(NCC2CCCS2)CC1C1CCC(S(C)(=O)=O)CC1. The van der Waals surface area contributed by atoms with Crippen LogP contribution in [0.4, 0.5) is 0 Å². The Morgan fingerprint density at radius 2 is 1.96 bits per heavy atom. The second-order valence-corrected chi connectivity index (χ2v) is 11.8. The summed E-state index contributed by atoms with van der Waals surface area (Å²) in [6, 6.07) is 0.505. The molecule has 0 radical (unpaired) electrons. The normalized spacial score (nSPS) is 40.2. The number of ether oxygens (including phenoxy) is 1. The van der Waals surface area contributed by atoms with Gasteiger partial charge in [0.2, 0.25) is 0 Å². The van der Waals surface area contributed by atoms with Crippen molar-refractivity contribution in [2.24, 2.45) is 11.8 Å². The lowest BCUT2D eigenvalue weighted by Gasteiger charge is -2.43. The smallest absolute Gasteiger partial charge is 0.150 e. The lowest BCUT2D eigenvalue weighted by atomic mass is 9.75. The maximum Gasteiger partial charge on any atom is 0.150 e. The molecule has 25 heavy (non-hydrogen) atoms. The monoisotopic (exact) mass is 390 g/mol. The molecule has 1 saturated carbocycles. The van der Waals surface area contributed by atoms with Crippen molar-refractivity contribution in [2.75, 3.05) is 32.2 Å². The van der Waals surface area contributed by atoms with E-state index in [1.165, 1.54) is 24.9 Å². The number of rotatable bonds is 6. The van der Waals surface area contributed by atoms with E-state index >= 15 is 0 Å². The Morgan fingerprint density at radius 3 is 2.56 bits per heavy atom. The molecule has 2 saturated heterocycles. The average molecular weight is 391 g/mol. The summed E-state index contributed by atoms with van der Waals surface area (Å²) in [7, 11) is -1.10. The Kier molecular flexibility index (Phi) is 7.10. The topological polar surface area (TPSA) is 67.4 Å². The number of nitrogens with one attached hydrogen (secondary N) is 2. The maximum atomic E-state index is 11.8. The maximum absolute atomic E-state index is 11.8. The number of hydrogen-bond donors (Lipinski definition) is 2. The largest absolute Gasteiger partial charge is 0.366 e. The third kappa shape index (κ3) is 5.34. The molecule has 7 heteroatoms. The number of methoxy groups -OCH3 is 1. The van der Waals surface area contributed by atoms with E-state index < -0.39 is 9.84 Å². The van der Waals surface area contributed by atoms with Gasteiger partial charge in [0.15, 0.2) is 0 Å². The molecule has 0 aromatic rings. The summed E-state index contributed by atoms with van der Waals surface area (Å²) >= 11 is 2.10. The molecule has 0 bridgehead atoms. The highest BCUT2D eigenvalue weighted by Gasteiger charge is 2.39. The highest BCUT2D eigenvalue weighted by molar-refractivity contribution is 8.00. The third-order valence-corrected chi connectivity index (χ3v) is 9.43. The summed E-state index contributed by atoms with van der Waals surface area (Å²) < 4.78 is 29.3. The van der Waals surface area contributed by atoms with Crippen LogP contribution in [-0.2, 0) is 14.6 Å². The van der Waals surface area contributed by atoms with Crippen LogP contribution in [0, 0.1) is 11.8 Å². The first-order valence-corrected chi connectivity index (χ1v) is 12.8. The lowest BCUT2D eigenvalue weighted by Crippen LogP contribution is -2.56. The highest BCUT2D eigenvalue weighted by atomic mass is 32.2. The fourth-order valence-electron chi connectivity index (χ4n) is 4.85. The molecule has 2 heterocycles. The minimum absolute atomic E-state index is 0.110. The number of thioether (sulfide) groups is 1. The molecule has 3 fully saturated rings. The van der Waals surface area contributed by atoms with Crippen LogP contribution in [0.3, 0.4) is 0 Å². The van der Waals surface area contributed by atoms with Gasteiger partial charge in [0.05, 0.1) is 5.25 Å². The molecule has 0 aromatic heterocycles. The summed E-state index contributed by atoms with van der Waals surface area (Å²) in [6.45, 7) is 2.08. The molecule has 4 atom stereocenters. The van der Waals surface area contributed by atoms with Crippen LogP contribution in [-0.4, -0.2) is 63.4 Å². The van der Waals surface area contributed by atoms with Crippen molar-refractivity contribution in [2.45, 2.75) is 67.7 Å². The third-order valence-electron chi connectivity index (χ3n) is 6.35. The Bertz CT molecular complexity index is 514. The van der Waals surface area contributed by atoms with Gasteiger partial charge < -0.3 is 10.1 Å². The van der Waals surface area contributed by atoms with E-state index in [0.717, 1.165) is 50.4 Å². The molecule has 5 nitrogen and oxygen atoms in total. The Labute approximate surface area is 157 Å². The van der Waals surface area contributed by atoms with Gasteiger partial charge >= 0.3 is 0 Å². The molecule has 0 spiro atoms. The molecule has 4 unspecified atom stereocenters. The molecule has 1 aliphatic carbocycles. The highest BCUT2D eigenvalue weighted by Crippen LogP contribution is 2.38. The van der Waals surface area contributed by atoms with Crippen molar-refractivity contribution in [1.82, 2.24) is 10.6 Å². The minimum atomic E-state index is -2.89. The molecule has 0 aromatic carbocycles. The molecule has 2 N–H and O–H groups in total. The summed E-state index contributed by atoms with van der Waals surface area (Å²) in [5.74, 6) is 2.36. The van der Waals surface area contributed by atoms with Gasteiger partial charge in [-0.15, -0.1) is 0 Å². The Morgan fingerprint density at radius 1 is 1.20 bits per heavy atom. The van der Waals surface area contributed by atoms with E-state index in [0.29, 0.717) is 17.9 Å². The van der Waals surface area contributed by atoms with Crippen LogP contribution >= 0.6 is 11.8 Å². The van der Waals surface area contributed by atoms with Crippen LogP contribution in [0.2, 0.25) is 0 Å². The van der Waals surface area contributed by atoms with E-state index in [-0.39, 0.29) is 11.5 Å². The fraction of sp³-hybridized carbons (Fsp3) is 1.00. The van der Waals surface area contributed by atoms with E-state index in [1.54, 1.807) is 7.11 Å². The molecule has 3 aliphatic rings. The first-order chi connectivity index (χ1) is 12.0. The van der Waals surface area contributed by atoms with Crippen molar-refractivity contribution in [3.63, 3.8) is 0 Å². The Hall–Kier alpha value is 0.180. The molecule has 146 valence electrons. The first-order valence-electron chi connectivity index (χ1n) is 9.77. The van der Waals surface area contributed by atoms with Crippen molar-refractivity contribution in [3.8, 4) is 0 Å². The van der Waals surface area contributed by atoms with Gasteiger partial charge in [-0.1, -0.05) is 0 Å². The fourth-order valence-corrected chi connectivity index (χ4v) is 7.19. The quantitative estimate of drug-likeness (QED) is 0.723. The van der Waals surface area contributed by atoms with Crippen LogP contribution in [0.15, 0.2) is 0 Å². The zero-order valence-corrected chi connectivity index (χ0v) is 17.2. The number of sulfone groups is 1. The van der Waals surface area contributed by atoms with Crippen molar-refractivity contribution < 1.29 is 13.2 Å². The molecular weight excluding hydrogens is 356 g/mol. The zero-order valence-electron chi connectivity index (χ0n) is 15.6. The van der Waals surface area contributed by atoms with Gasteiger partial charge in [-0.3, -0.25) is 5.32 Å². The van der Waals surface area contributed by atoms with E-state index in [4.69, 9.17) is 4.74 Å².